The number of halogens is 1. The first-order valence-corrected chi connectivity index (χ1v) is 12.0. The number of aryl methyl sites for hydroxylation is 1. The van der Waals surface area contributed by atoms with Gasteiger partial charge in [-0.25, -0.2) is 0 Å². The maximum atomic E-state index is 13.7. The van der Waals surface area contributed by atoms with E-state index in [1.165, 1.54) is 0 Å². The number of pyridine rings is 1. The molecule has 0 aliphatic carbocycles. The fourth-order valence-electron chi connectivity index (χ4n) is 4.29. The highest BCUT2D eigenvalue weighted by Crippen LogP contribution is 2.27. The molecule has 0 radical (unpaired) electrons. The monoisotopic (exact) mass is 515 g/mol. The number of benzene rings is 2. The van der Waals surface area contributed by atoms with Gasteiger partial charge in [0.05, 0.1) is 6.04 Å². The predicted molar refractivity (Wildman–Crippen MR) is 135 cm³/mol. The molecule has 37 heavy (non-hydrogen) atoms. The number of nitrogens with zero attached hydrogens (tertiary/aromatic N) is 4. The second-order valence-corrected chi connectivity index (χ2v) is 9.13. The highest BCUT2D eigenvalue weighted by molar-refractivity contribution is 6.30. The van der Waals surface area contributed by atoms with Crippen LogP contribution in [0.3, 0.4) is 0 Å². The van der Waals surface area contributed by atoms with Crippen molar-refractivity contribution in [3.63, 3.8) is 0 Å². The molecule has 1 atom stereocenters. The van der Waals surface area contributed by atoms with E-state index in [0.29, 0.717) is 33.3 Å². The minimum Gasteiger partial charge on any atom is -0.408 e. The van der Waals surface area contributed by atoms with Gasteiger partial charge in [0.1, 0.15) is 0 Å². The standard InChI is InChI=1S/C27H22ClN5O4/c1-16-31-32-27(37-16)30-25(35)18-7-5-17(6-8-18)15-33-23(14-21-4-2-3-11-29-21)24(34)13-19-12-20(28)9-10-22(19)26(33)36/h2-12,23H,13-15H2,1H3,(H,30,32,35)/t23-/m1/s1. The maximum absolute atomic E-state index is 13.7. The topological polar surface area (TPSA) is 118 Å². The third kappa shape index (κ3) is 5.41. The zero-order valence-electron chi connectivity index (χ0n) is 19.8. The number of fused-ring (bicyclic) bond motifs is 1. The Morgan fingerprint density at radius 1 is 1.11 bits per heavy atom. The third-order valence-corrected chi connectivity index (χ3v) is 6.35. The molecule has 0 saturated heterocycles. The molecule has 2 aromatic heterocycles. The Labute approximate surface area is 217 Å². The fourth-order valence-corrected chi connectivity index (χ4v) is 4.49. The van der Waals surface area contributed by atoms with Crippen LogP contribution in [-0.4, -0.2) is 43.7 Å². The van der Waals surface area contributed by atoms with Gasteiger partial charge in [0, 0.05) is 54.4 Å². The number of hydrogen-bond acceptors (Lipinski definition) is 7. The summed E-state index contributed by atoms with van der Waals surface area (Å²) in [6, 6.07) is 16.5. The zero-order valence-corrected chi connectivity index (χ0v) is 20.6. The average Bonchev–Trinajstić information content (AvgIpc) is 3.27. The molecule has 1 aliphatic rings. The first-order chi connectivity index (χ1) is 17.9. The number of ketones is 1. The molecule has 9 nitrogen and oxygen atoms in total. The summed E-state index contributed by atoms with van der Waals surface area (Å²) in [6.45, 7) is 1.80. The second-order valence-electron chi connectivity index (χ2n) is 8.70. The normalized spacial score (nSPS) is 15.3. The van der Waals surface area contributed by atoms with Gasteiger partial charge in [0.2, 0.25) is 5.89 Å². The average molecular weight is 516 g/mol. The number of Topliss-reactive ketones (excluding diaryl/α,β-unsaturated/α-hetero) is 1. The third-order valence-electron chi connectivity index (χ3n) is 6.12. The van der Waals surface area contributed by atoms with Gasteiger partial charge in [-0.3, -0.25) is 24.7 Å². The quantitative estimate of drug-likeness (QED) is 0.411. The Kier molecular flexibility index (Phi) is 6.78. The lowest BCUT2D eigenvalue weighted by molar-refractivity contribution is -0.122. The van der Waals surface area contributed by atoms with Crippen molar-refractivity contribution in [2.45, 2.75) is 32.4 Å². The van der Waals surface area contributed by atoms with Gasteiger partial charge in [-0.1, -0.05) is 34.9 Å². The summed E-state index contributed by atoms with van der Waals surface area (Å²) in [5, 5.41) is 10.5. The number of carbonyl (C=O) groups is 3. The van der Waals surface area contributed by atoms with Gasteiger partial charge in [0.25, 0.3) is 11.8 Å². The van der Waals surface area contributed by atoms with Crippen LogP contribution < -0.4 is 5.32 Å². The molecule has 5 rings (SSSR count). The van der Waals surface area contributed by atoms with Gasteiger partial charge < -0.3 is 9.32 Å². The molecular weight excluding hydrogens is 494 g/mol. The molecular formula is C27H22ClN5O4. The van der Waals surface area contributed by atoms with E-state index >= 15 is 0 Å². The molecule has 2 aromatic carbocycles. The van der Waals surface area contributed by atoms with Crippen molar-refractivity contribution >= 4 is 35.2 Å². The Balaban J connectivity index is 1.42. The van der Waals surface area contributed by atoms with Crippen LogP contribution in [0.2, 0.25) is 5.02 Å². The smallest absolute Gasteiger partial charge is 0.322 e. The van der Waals surface area contributed by atoms with Crippen LogP contribution in [0.4, 0.5) is 6.01 Å². The number of aromatic nitrogens is 3. The largest absolute Gasteiger partial charge is 0.408 e. The summed E-state index contributed by atoms with van der Waals surface area (Å²) in [5.74, 6) is -0.417. The molecule has 0 unspecified atom stereocenters. The van der Waals surface area contributed by atoms with Crippen LogP contribution >= 0.6 is 11.6 Å². The van der Waals surface area contributed by atoms with Crippen LogP contribution in [0.1, 0.15) is 43.4 Å². The van der Waals surface area contributed by atoms with E-state index in [1.54, 1.807) is 66.6 Å². The van der Waals surface area contributed by atoms with E-state index < -0.39 is 11.9 Å². The SMILES string of the molecule is Cc1nnc(NC(=O)c2ccc(CN3C(=O)c4ccc(Cl)cc4CC(=O)[C@H]3Cc3ccccn3)cc2)o1. The lowest BCUT2D eigenvalue weighted by atomic mass is 9.99. The highest BCUT2D eigenvalue weighted by atomic mass is 35.5. The number of amides is 2. The minimum atomic E-state index is -0.711. The van der Waals surface area contributed by atoms with Gasteiger partial charge >= 0.3 is 6.01 Å². The highest BCUT2D eigenvalue weighted by Gasteiger charge is 2.35. The predicted octanol–water partition coefficient (Wildman–Crippen LogP) is 4.06. The van der Waals surface area contributed by atoms with Crippen LogP contribution in [0.25, 0.3) is 0 Å². The van der Waals surface area contributed by atoms with Crippen LogP contribution in [-0.2, 0) is 24.2 Å². The number of nitrogens with one attached hydrogen (secondary N) is 1. The first-order valence-electron chi connectivity index (χ1n) is 11.6. The van der Waals surface area contributed by atoms with Crippen molar-refractivity contribution in [2.24, 2.45) is 0 Å². The summed E-state index contributed by atoms with van der Waals surface area (Å²) < 4.78 is 5.19. The number of anilines is 1. The Morgan fingerprint density at radius 3 is 2.62 bits per heavy atom. The van der Waals surface area contributed by atoms with Gasteiger partial charge in [-0.2, -0.15) is 0 Å². The van der Waals surface area contributed by atoms with E-state index in [1.807, 2.05) is 12.1 Å². The zero-order chi connectivity index (χ0) is 25.9. The number of hydrogen-bond donors (Lipinski definition) is 1. The molecule has 0 bridgehead atoms. The Hall–Kier alpha value is -4.37. The molecule has 186 valence electrons. The van der Waals surface area contributed by atoms with Crippen molar-refractivity contribution in [1.82, 2.24) is 20.1 Å². The van der Waals surface area contributed by atoms with Crippen molar-refractivity contribution in [3.8, 4) is 0 Å². The van der Waals surface area contributed by atoms with Gasteiger partial charge in [-0.05, 0) is 53.6 Å². The van der Waals surface area contributed by atoms with E-state index in [9.17, 15) is 14.4 Å². The van der Waals surface area contributed by atoms with Crippen molar-refractivity contribution < 1.29 is 18.8 Å². The molecule has 10 heteroatoms. The summed E-state index contributed by atoms with van der Waals surface area (Å²) >= 11 is 6.16. The lowest BCUT2D eigenvalue weighted by Gasteiger charge is -2.29. The number of rotatable bonds is 6. The van der Waals surface area contributed by atoms with Crippen LogP contribution in [0.5, 0.6) is 0 Å². The summed E-state index contributed by atoms with van der Waals surface area (Å²) in [5.41, 5.74) is 2.91. The van der Waals surface area contributed by atoms with Crippen molar-refractivity contribution in [2.75, 3.05) is 5.32 Å². The molecule has 0 fully saturated rings. The van der Waals surface area contributed by atoms with E-state index in [2.05, 4.69) is 20.5 Å². The van der Waals surface area contributed by atoms with Gasteiger partial charge in [-0.15, -0.1) is 5.10 Å². The Morgan fingerprint density at radius 2 is 1.92 bits per heavy atom. The molecule has 1 aliphatic heterocycles. The second kappa shape index (κ2) is 10.3. The van der Waals surface area contributed by atoms with E-state index in [4.69, 9.17) is 16.0 Å². The molecule has 1 N–H and O–H groups in total. The van der Waals surface area contributed by atoms with E-state index in [-0.39, 0.29) is 37.1 Å². The minimum absolute atomic E-state index is 0.0105. The summed E-state index contributed by atoms with van der Waals surface area (Å²) in [4.78, 5) is 45.6. The van der Waals surface area contributed by atoms with Gasteiger partial charge in [0.15, 0.2) is 5.78 Å². The summed E-state index contributed by atoms with van der Waals surface area (Å²) in [6.07, 6.45) is 2.05. The fraction of sp³-hybridized carbons (Fsp3) is 0.185. The molecule has 2 amide bonds. The number of carbonyl (C=O) groups excluding carboxylic acids is 3. The molecule has 4 aromatic rings. The lowest BCUT2D eigenvalue weighted by Crippen LogP contribution is -2.44. The molecule has 0 spiro atoms. The first kappa shape index (κ1) is 24.3. The molecule has 3 heterocycles. The summed E-state index contributed by atoms with van der Waals surface area (Å²) in [7, 11) is 0. The van der Waals surface area contributed by atoms with Crippen molar-refractivity contribution in [3.05, 3.63) is 106 Å². The van der Waals surface area contributed by atoms with E-state index in [0.717, 1.165) is 5.56 Å². The molecule has 0 saturated carbocycles. The van der Waals surface area contributed by atoms with Crippen molar-refractivity contribution in [1.29, 1.82) is 0 Å². The van der Waals surface area contributed by atoms with Crippen LogP contribution in [0, 0.1) is 6.92 Å². The Bertz CT molecular complexity index is 1470. The maximum Gasteiger partial charge on any atom is 0.322 e. The van der Waals surface area contributed by atoms with Crippen LogP contribution in [0.15, 0.2) is 71.3 Å².